The third-order valence-corrected chi connectivity index (χ3v) is 4.84. The summed E-state index contributed by atoms with van der Waals surface area (Å²) in [6.45, 7) is 0.334. The minimum absolute atomic E-state index is 0.0610. The second kappa shape index (κ2) is 6.49. The molecule has 0 saturated carbocycles. The van der Waals surface area contributed by atoms with E-state index in [0.29, 0.717) is 24.0 Å². The first kappa shape index (κ1) is 18.2. The summed E-state index contributed by atoms with van der Waals surface area (Å²) in [6.07, 6.45) is -5.31. The fourth-order valence-corrected chi connectivity index (χ4v) is 3.45. The Hall–Kier alpha value is -3.13. The third kappa shape index (κ3) is 3.05. The molecule has 2 N–H and O–H groups in total. The molecule has 0 spiro atoms. The van der Waals surface area contributed by atoms with Gasteiger partial charge in [0.25, 0.3) is 11.5 Å². The van der Waals surface area contributed by atoms with Crippen molar-refractivity contribution in [3.63, 3.8) is 0 Å². The molecule has 1 aromatic heterocycles. The summed E-state index contributed by atoms with van der Waals surface area (Å²) >= 11 is 0. The van der Waals surface area contributed by atoms with Gasteiger partial charge in [-0.15, -0.1) is 0 Å². The number of H-pyrrole nitrogens is 1. The summed E-state index contributed by atoms with van der Waals surface area (Å²) in [5.41, 5.74) is -0.985. The number of fused-ring (bicyclic) bond motifs is 1. The molecule has 4 rings (SSSR count). The number of nitrogens with zero attached hydrogens (tertiary/aromatic N) is 1. The summed E-state index contributed by atoms with van der Waals surface area (Å²) < 4.78 is 39.9. The van der Waals surface area contributed by atoms with Crippen LogP contribution in [0.25, 0.3) is 22.0 Å². The van der Waals surface area contributed by atoms with Crippen molar-refractivity contribution >= 4 is 22.4 Å². The number of carbonyl (C=O) groups is 1. The minimum Gasteiger partial charge on any atom is -0.383 e. The van der Waals surface area contributed by atoms with Gasteiger partial charge in [0, 0.05) is 35.3 Å². The van der Waals surface area contributed by atoms with Crippen LogP contribution >= 0.6 is 0 Å². The summed E-state index contributed by atoms with van der Waals surface area (Å²) in [6, 6.07) is 11.2. The molecule has 2 heterocycles. The number of carbonyl (C=O) groups excluding carboxylic acids is 1. The van der Waals surface area contributed by atoms with Gasteiger partial charge in [0.15, 0.2) is 0 Å². The van der Waals surface area contributed by atoms with E-state index in [-0.39, 0.29) is 16.6 Å². The molecular formula is C20H15F3N2O3. The largest absolute Gasteiger partial charge is 0.417 e. The molecule has 1 unspecified atom stereocenters. The number of rotatable bonds is 2. The zero-order valence-electron chi connectivity index (χ0n) is 14.5. The Balaban J connectivity index is 1.82. The van der Waals surface area contributed by atoms with Crippen LogP contribution in [-0.4, -0.2) is 28.6 Å². The number of hydrogen-bond acceptors (Lipinski definition) is 3. The average Bonchev–Trinajstić information content (AvgIpc) is 2.99. The number of alkyl halides is 3. The lowest BCUT2D eigenvalue weighted by Crippen LogP contribution is -2.29. The number of anilines is 1. The number of aliphatic hydroxyl groups is 1. The van der Waals surface area contributed by atoms with E-state index in [1.165, 1.54) is 35.2 Å². The van der Waals surface area contributed by atoms with E-state index in [1.807, 2.05) is 0 Å². The summed E-state index contributed by atoms with van der Waals surface area (Å²) in [5.74, 6) is -0.438. The number of pyridine rings is 1. The Morgan fingerprint density at radius 1 is 1.07 bits per heavy atom. The normalized spacial score (nSPS) is 17.5. The third-order valence-electron chi connectivity index (χ3n) is 4.84. The van der Waals surface area contributed by atoms with Gasteiger partial charge in [0.2, 0.25) is 0 Å². The van der Waals surface area contributed by atoms with E-state index in [0.717, 1.165) is 6.07 Å². The van der Waals surface area contributed by atoms with E-state index < -0.39 is 29.3 Å². The van der Waals surface area contributed by atoms with Crippen LogP contribution in [-0.2, 0) is 11.0 Å². The van der Waals surface area contributed by atoms with Crippen molar-refractivity contribution in [2.24, 2.45) is 0 Å². The second-order valence-corrected chi connectivity index (χ2v) is 6.62. The lowest BCUT2D eigenvalue weighted by molar-refractivity contribution is -0.137. The number of nitrogens with one attached hydrogen (secondary N) is 1. The smallest absolute Gasteiger partial charge is 0.383 e. The molecule has 1 saturated heterocycles. The summed E-state index contributed by atoms with van der Waals surface area (Å²) in [7, 11) is 0. The maximum Gasteiger partial charge on any atom is 0.417 e. The fourth-order valence-electron chi connectivity index (χ4n) is 3.45. The quantitative estimate of drug-likeness (QED) is 0.708. The van der Waals surface area contributed by atoms with Gasteiger partial charge in [-0.25, -0.2) is 0 Å². The first-order chi connectivity index (χ1) is 13.3. The van der Waals surface area contributed by atoms with E-state index in [9.17, 15) is 27.9 Å². The topological polar surface area (TPSA) is 73.4 Å². The molecule has 2 aromatic carbocycles. The van der Waals surface area contributed by atoms with E-state index in [4.69, 9.17) is 0 Å². The van der Waals surface area contributed by atoms with Gasteiger partial charge in [-0.1, -0.05) is 24.3 Å². The molecule has 1 atom stereocenters. The average molecular weight is 388 g/mol. The van der Waals surface area contributed by atoms with Crippen LogP contribution in [0.1, 0.15) is 12.0 Å². The molecule has 28 heavy (non-hydrogen) atoms. The van der Waals surface area contributed by atoms with E-state index in [1.54, 1.807) is 12.1 Å². The van der Waals surface area contributed by atoms with Gasteiger partial charge in [0.05, 0.1) is 5.56 Å². The van der Waals surface area contributed by atoms with Gasteiger partial charge in [0.1, 0.15) is 6.10 Å². The number of amides is 1. The molecule has 1 amide bonds. The van der Waals surface area contributed by atoms with Crippen molar-refractivity contribution < 1.29 is 23.1 Å². The molecular weight excluding hydrogens is 373 g/mol. The summed E-state index contributed by atoms with van der Waals surface area (Å²) in [4.78, 5) is 28.4. The molecule has 0 aliphatic carbocycles. The highest BCUT2D eigenvalue weighted by molar-refractivity contribution is 6.00. The van der Waals surface area contributed by atoms with E-state index in [2.05, 4.69) is 4.98 Å². The first-order valence-corrected chi connectivity index (χ1v) is 8.59. The summed E-state index contributed by atoms with van der Waals surface area (Å²) in [5, 5.41) is 10.3. The van der Waals surface area contributed by atoms with Crippen molar-refractivity contribution in [2.45, 2.75) is 18.7 Å². The van der Waals surface area contributed by atoms with Gasteiger partial charge < -0.3 is 15.0 Å². The molecule has 1 fully saturated rings. The Bertz CT molecular complexity index is 1140. The molecule has 0 radical (unpaired) electrons. The molecule has 144 valence electrons. The number of hydrogen-bond donors (Lipinski definition) is 2. The zero-order valence-corrected chi connectivity index (χ0v) is 14.5. The Morgan fingerprint density at radius 3 is 2.50 bits per heavy atom. The number of aromatic nitrogens is 1. The SMILES string of the molecule is O=C1C(O)CCN1c1ccc2cc(-c3ccccc3C(F)(F)F)[nH]c(=O)c2c1. The van der Waals surface area contributed by atoms with Crippen LogP contribution in [0.5, 0.6) is 0 Å². The minimum atomic E-state index is -4.55. The predicted octanol–water partition coefficient (Wildman–Crippen LogP) is 3.31. The lowest BCUT2D eigenvalue weighted by Gasteiger charge is -2.17. The molecule has 1 aliphatic heterocycles. The van der Waals surface area contributed by atoms with Crippen molar-refractivity contribution in [1.29, 1.82) is 0 Å². The Labute approximate surface area is 157 Å². The maximum absolute atomic E-state index is 13.3. The highest BCUT2D eigenvalue weighted by Crippen LogP contribution is 2.36. The van der Waals surface area contributed by atoms with Crippen LogP contribution in [0.15, 0.2) is 53.3 Å². The van der Waals surface area contributed by atoms with Crippen LogP contribution in [0.2, 0.25) is 0 Å². The van der Waals surface area contributed by atoms with Crippen LogP contribution in [0.4, 0.5) is 18.9 Å². The van der Waals surface area contributed by atoms with Gasteiger partial charge in [-0.05, 0) is 29.7 Å². The second-order valence-electron chi connectivity index (χ2n) is 6.62. The van der Waals surface area contributed by atoms with Crippen LogP contribution < -0.4 is 10.5 Å². The number of aromatic amines is 1. The van der Waals surface area contributed by atoms with Crippen LogP contribution in [0.3, 0.4) is 0 Å². The number of aliphatic hydroxyl groups excluding tert-OH is 1. The monoisotopic (exact) mass is 388 g/mol. The zero-order chi connectivity index (χ0) is 20.1. The van der Waals surface area contributed by atoms with Crippen molar-refractivity contribution in [2.75, 3.05) is 11.4 Å². The van der Waals surface area contributed by atoms with Crippen LogP contribution in [0, 0.1) is 0 Å². The maximum atomic E-state index is 13.3. The molecule has 1 aliphatic rings. The van der Waals surface area contributed by atoms with E-state index >= 15 is 0 Å². The highest BCUT2D eigenvalue weighted by Gasteiger charge is 2.34. The fraction of sp³-hybridized carbons (Fsp3) is 0.200. The van der Waals surface area contributed by atoms with Gasteiger partial charge in [-0.2, -0.15) is 13.2 Å². The van der Waals surface area contributed by atoms with Gasteiger partial charge in [-0.3, -0.25) is 9.59 Å². The van der Waals surface area contributed by atoms with Gasteiger partial charge >= 0.3 is 6.18 Å². The Kier molecular flexibility index (Phi) is 4.23. The van der Waals surface area contributed by atoms with Crippen molar-refractivity contribution in [1.82, 2.24) is 4.98 Å². The Morgan fingerprint density at radius 2 is 1.82 bits per heavy atom. The molecule has 0 bridgehead atoms. The molecule has 5 nitrogen and oxygen atoms in total. The first-order valence-electron chi connectivity index (χ1n) is 8.59. The highest BCUT2D eigenvalue weighted by atomic mass is 19.4. The molecule has 8 heteroatoms. The predicted molar refractivity (Wildman–Crippen MR) is 98.0 cm³/mol. The van der Waals surface area contributed by atoms with Crippen molar-refractivity contribution in [3.8, 4) is 11.3 Å². The number of halogens is 3. The molecule has 3 aromatic rings. The van der Waals surface area contributed by atoms with Crippen molar-refractivity contribution in [3.05, 3.63) is 64.4 Å². The standard InChI is InChI=1S/C20H15F3N2O3/c21-20(22,23)15-4-2-1-3-13(15)16-9-11-5-6-12(10-14(11)18(27)24-16)25-8-7-17(26)19(25)28/h1-6,9-10,17,26H,7-8H2,(H,24,27). The lowest BCUT2D eigenvalue weighted by atomic mass is 10.0. The number of benzene rings is 2.